The highest BCUT2D eigenvalue weighted by atomic mass is 16.5. The molecule has 0 heterocycles. The fraction of sp³-hybridized carbons (Fsp3) is 0.655. The van der Waals surface area contributed by atoms with E-state index in [1.165, 1.54) is 6.92 Å². The maximum atomic E-state index is 13.1. The van der Waals surface area contributed by atoms with E-state index in [-0.39, 0.29) is 34.6 Å². The van der Waals surface area contributed by atoms with Gasteiger partial charge < -0.3 is 14.6 Å². The maximum absolute atomic E-state index is 13.1. The summed E-state index contributed by atoms with van der Waals surface area (Å²) in [6, 6.07) is 9.11. The van der Waals surface area contributed by atoms with E-state index in [0.717, 1.165) is 44.1 Å². The lowest BCUT2D eigenvalue weighted by Crippen LogP contribution is -2.69. The first-order valence-corrected chi connectivity index (χ1v) is 12.9. The van der Waals surface area contributed by atoms with Gasteiger partial charge in [0.25, 0.3) is 0 Å². The molecule has 1 aromatic rings. The minimum absolute atomic E-state index is 0.0108. The highest BCUT2D eigenvalue weighted by molar-refractivity contribution is 5.89. The summed E-state index contributed by atoms with van der Waals surface area (Å²) in [5, 5.41) is 11.6. The van der Waals surface area contributed by atoms with E-state index in [1.54, 1.807) is 12.1 Å². The highest BCUT2D eigenvalue weighted by Gasteiger charge is 2.70. The number of rotatable bonds is 4. The SMILES string of the molecule is C=C1[C@@H]2C[C@@H](O)[C@]3(CC[C@H]4[C@@](C)(COC(C)=O)CCC[C@]4(C)[C@H]3C2)[C@H]1OC(=O)c1ccccc1. The lowest BCUT2D eigenvalue weighted by molar-refractivity contribution is -0.248. The van der Waals surface area contributed by atoms with Crippen molar-refractivity contribution in [2.45, 2.75) is 77.9 Å². The van der Waals surface area contributed by atoms with E-state index < -0.39 is 17.6 Å². The Morgan fingerprint density at radius 3 is 2.53 bits per heavy atom. The van der Waals surface area contributed by atoms with Gasteiger partial charge in [-0.2, -0.15) is 0 Å². The summed E-state index contributed by atoms with van der Waals surface area (Å²) in [5.41, 5.74) is 0.927. The fourth-order valence-corrected chi connectivity index (χ4v) is 8.78. The molecule has 5 aliphatic carbocycles. The number of hydrogen-bond donors (Lipinski definition) is 1. The van der Waals surface area contributed by atoms with E-state index in [1.807, 2.05) is 18.2 Å². The average Bonchev–Trinajstić information content (AvgIpc) is 2.81. The lowest BCUT2D eigenvalue weighted by atomic mass is 9.35. The van der Waals surface area contributed by atoms with Gasteiger partial charge in [-0.3, -0.25) is 4.79 Å². The van der Waals surface area contributed by atoms with Crippen molar-refractivity contribution in [1.29, 1.82) is 0 Å². The topological polar surface area (TPSA) is 72.8 Å². The zero-order chi connectivity index (χ0) is 24.3. The monoisotopic (exact) mass is 466 g/mol. The van der Waals surface area contributed by atoms with E-state index in [9.17, 15) is 14.7 Å². The molecule has 1 spiro atoms. The van der Waals surface area contributed by atoms with Gasteiger partial charge in [-0.05, 0) is 79.4 Å². The van der Waals surface area contributed by atoms with Crippen LogP contribution in [0.4, 0.5) is 0 Å². The Kier molecular flexibility index (Phi) is 5.70. The number of fused-ring (bicyclic) bond motifs is 3. The van der Waals surface area contributed by atoms with Crippen molar-refractivity contribution in [2.24, 2.45) is 34.0 Å². The maximum Gasteiger partial charge on any atom is 0.338 e. The molecule has 5 fully saturated rings. The van der Waals surface area contributed by atoms with Crippen LogP contribution in [0.15, 0.2) is 42.5 Å². The summed E-state index contributed by atoms with van der Waals surface area (Å²) in [5.74, 6) is 0.234. The number of aliphatic hydroxyl groups is 1. The third kappa shape index (κ3) is 3.37. The van der Waals surface area contributed by atoms with Gasteiger partial charge in [0.2, 0.25) is 0 Å². The second-order valence-corrected chi connectivity index (χ2v) is 12.0. The van der Waals surface area contributed by atoms with Crippen LogP contribution < -0.4 is 0 Å². The molecule has 184 valence electrons. The van der Waals surface area contributed by atoms with Crippen LogP contribution in [0.1, 0.15) is 76.1 Å². The Balaban J connectivity index is 1.50. The first kappa shape index (κ1) is 23.6. The van der Waals surface area contributed by atoms with Crippen LogP contribution in [-0.4, -0.2) is 35.9 Å². The van der Waals surface area contributed by atoms with Crippen molar-refractivity contribution < 1.29 is 24.2 Å². The number of benzene rings is 1. The molecule has 0 saturated heterocycles. The molecule has 0 aliphatic heterocycles. The summed E-state index contributed by atoms with van der Waals surface area (Å²) >= 11 is 0. The molecular formula is C29H38O5. The van der Waals surface area contributed by atoms with Crippen LogP contribution in [0.5, 0.6) is 0 Å². The second kappa shape index (κ2) is 8.22. The van der Waals surface area contributed by atoms with Crippen molar-refractivity contribution in [3.8, 4) is 0 Å². The standard InChI is InChI=1S/C29H38O5/c1-18-21-15-23-28(4)13-8-12-27(3,17-33-19(2)30)22(28)11-14-29(23,24(31)16-21)25(18)34-26(32)20-9-6-5-7-10-20/h5-7,9-10,21-25,31H,1,8,11-17H2,2-4H3/t21-,22-,23+,24+,25-,27+,28-,29+/m0/s1. The van der Waals surface area contributed by atoms with E-state index >= 15 is 0 Å². The van der Waals surface area contributed by atoms with Gasteiger partial charge in [0.05, 0.1) is 18.3 Å². The quantitative estimate of drug-likeness (QED) is 0.480. The molecule has 2 bridgehead atoms. The predicted octanol–water partition coefficient (Wildman–Crippen LogP) is 5.32. The van der Waals surface area contributed by atoms with Crippen molar-refractivity contribution in [1.82, 2.24) is 0 Å². The second-order valence-electron chi connectivity index (χ2n) is 12.0. The summed E-state index contributed by atoms with van der Waals surface area (Å²) in [4.78, 5) is 24.8. The molecule has 6 rings (SSSR count). The van der Waals surface area contributed by atoms with Crippen LogP contribution in [0, 0.1) is 34.0 Å². The van der Waals surface area contributed by atoms with Crippen molar-refractivity contribution in [3.05, 3.63) is 48.0 Å². The fourth-order valence-electron chi connectivity index (χ4n) is 8.78. The van der Waals surface area contributed by atoms with Crippen LogP contribution in [0.2, 0.25) is 0 Å². The Morgan fingerprint density at radius 2 is 1.82 bits per heavy atom. The molecule has 1 aromatic carbocycles. The van der Waals surface area contributed by atoms with Gasteiger partial charge >= 0.3 is 11.9 Å². The molecule has 8 atom stereocenters. The van der Waals surface area contributed by atoms with Crippen molar-refractivity contribution in [3.63, 3.8) is 0 Å². The third-order valence-electron chi connectivity index (χ3n) is 10.2. The van der Waals surface area contributed by atoms with Crippen LogP contribution in [0.25, 0.3) is 0 Å². The number of hydrogen-bond acceptors (Lipinski definition) is 5. The number of aliphatic hydroxyl groups excluding tert-OH is 1. The Hall–Kier alpha value is -2.14. The number of carbonyl (C=O) groups is 2. The number of ether oxygens (including phenoxy) is 2. The molecular weight excluding hydrogens is 428 g/mol. The highest BCUT2D eigenvalue weighted by Crippen LogP contribution is 2.72. The average molecular weight is 467 g/mol. The Labute approximate surface area is 202 Å². The zero-order valence-electron chi connectivity index (χ0n) is 20.7. The molecule has 5 saturated carbocycles. The molecule has 0 amide bonds. The molecule has 5 aliphatic rings. The summed E-state index contributed by atoms with van der Waals surface area (Å²) in [6.07, 6.45) is 5.67. The van der Waals surface area contributed by atoms with Gasteiger partial charge in [-0.25, -0.2) is 4.79 Å². The summed E-state index contributed by atoms with van der Waals surface area (Å²) in [6.45, 7) is 11.0. The molecule has 1 N–H and O–H groups in total. The Morgan fingerprint density at radius 1 is 1.09 bits per heavy atom. The molecule has 0 unspecified atom stereocenters. The first-order valence-electron chi connectivity index (χ1n) is 12.9. The van der Waals surface area contributed by atoms with Gasteiger partial charge in [0, 0.05) is 17.8 Å². The molecule has 34 heavy (non-hydrogen) atoms. The molecule has 0 aromatic heterocycles. The molecule has 0 radical (unpaired) electrons. The Bertz CT molecular complexity index is 987. The number of esters is 2. The van der Waals surface area contributed by atoms with E-state index in [0.29, 0.717) is 24.5 Å². The zero-order valence-corrected chi connectivity index (χ0v) is 20.7. The van der Waals surface area contributed by atoms with Crippen LogP contribution in [0.3, 0.4) is 0 Å². The smallest absolute Gasteiger partial charge is 0.338 e. The lowest BCUT2D eigenvalue weighted by Gasteiger charge is -2.70. The molecule has 5 heteroatoms. The summed E-state index contributed by atoms with van der Waals surface area (Å²) < 4.78 is 11.8. The van der Waals surface area contributed by atoms with Crippen molar-refractivity contribution >= 4 is 11.9 Å². The van der Waals surface area contributed by atoms with Crippen LogP contribution >= 0.6 is 0 Å². The van der Waals surface area contributed by atoms with E-state index in [2.05, 4.69) is 20.4 Å². The van der Waals surface area contributed by atoms with Gasteiger partial charge in [0.15, 0.2) is 0 Å². The van der Waals surface area contributed by atoms with Crippen molar-refractivity contribution in [2.75, 3.05) is 6.61 Å². The largest absolute Gasteiger partial charge is 0.465 e. The van der Waals surface area contributed by atoms with Crippen LogP contribution in [-0.2, 0) is 14.3 Å². The van der Waals surface area contributed by atoms with Gasteiger partial charge in [-0.1, -0.05) is 45.0 Å². The number of carbonyl (C=O) groups excluding carboxylic acids is 2. The third-order valence-corrected chi connectivity index (χ3v) is 10.2. The summed E-state index contributed by atoms with van der Waals surface area (Å²) in [7, 11) is 0. The predicted molar refractivity (Wildman–Crippen MR) is 129 cm³/mol. The first-order chi connectivity index (χ1) is 16.1. The van der Waals surface area contributed by atoms with E-state index in [4.69, 9.17) is 9.47 Å². The van der Waals surface area contributed by atoms with Gasteiger partial charge in [-0.15, -0.1) is 0 Å². The molecule has 5 nitrogen and oxygen atoms in total. The normalized spacial score (nSPS) is 42.9. The minimum Gasteiger partial charge on any atom is -0.465 e. The minimum atomic E-state index is -0.505. The van der Waals surface area contributed by atoms with Gasteiger partial charge in [0.1, 0.15) is 6.10 Å².